The number of carbonyl (C=O) groups is 1. The molecule has 0 bridgehead atoms. The van der Waals surface area contributed by atoms with Gasteiger partial charge < -0.3 is 16.0 Å². The molecule has 0 radical (unpaired) electrons. The normalized spacial score (nSPS) is 16.8. The molecular weight excluding hydrogens is 392 g/mol. The third-order valence-electron chi connectivity index (χ3n) is 5.81. The lowest BCUT2D eigenvalue weighted by molar-refractivity contribution is 0.0935. The van der Waals surface area contributed by atoms with E-state index in [-0.39, 0.29) is 11.9 Å². The van der Waals surface area contributed by atoms with Gasteiger partial charge in [0, 0.05) is 31.9 Å². The van der Waals surface area contributed by atoms with Gasteiger partial charge in [-0.15, -0.1) is 10.2 Å². The Morgan fingerprint density at radius 1 is 1.23 bits per heavy atom. The quantitative estimate of drug-likeness (QED) is 0.513. The summed E-state index contributed by atoms with van der Waals surface area (Å²) in [6.45, 7) is 4.52. The van der Waals surface area contributed by atoms with Crippen LogP contribution in [0.15, 0.2) is 42.6 Å². The highest BCUT2D eigenvalue weighted by Gasteiger charge is 2.25. The van der Waals surface area contributed by atoms with Gasteiger partial charge in [-0.3, -0.25) is 13.8 Å². The van der Waals surface area contributed by atoms with Crippen LogP contribution >= 0.6 is 0 Å². The van der Waals surface area contributed by atoms with E-state index in [4.69, 9.17) is 5.73 Å². The Kier molecular flexibility index (Phi) is 5.03. The summed E-state index contributed by atoms with van der Waals surface area (Å²) in [5.41, 5.74) is 8.83. The number of para-hydroxylation sites is 1. The van der Waals surface area contributed by atoms with E-state index < -0.39 is 0 Å². The minimum absolute atomic E-state index is 0.124. The molecule has 1 aromatic carbocycles. The summed E-state index contributed by atoms with van der Waals surface area (Å²) >= 11 is 0. The summed E-state index contributed by atoms with van der Waals surface area (Å²) in [7, 11) is 0. The Balaban J connectivity index is 1.34. The van der Waals surface area contributed by atoms with E-state index in [1.54, 1.807) is 0 Å². The van der Waals surface area contributed by atoms with E-state index in [9.17, 15) is 4.79 Å². The van der Waals surface area contributed by atoms with Crippen LogP contribution in [0.2, 0.25) is 0 Å². The zero-order valence-corrected chi connectivity index (χ0v) is 17.5. The average Bonchev–Trinajstić information content (AvgIpc) is 3.41. The van der Waals surface area contributed by atoms with E-state index >= 15 is 0 Å². The molecule has 4 aromatic rings. The minimum atomic E-state index is -0.260. The number of hydrogen-bond donors (Lipinski definition) is 2. The van der Waals surface area contributed by atoms with Crippen LogP contribution in [0.4, 0.5) is 5.95 Å². The Morgan fingerprint density at radius 3 is 2.94 bits per heavy atom. The van der Waals surface area contributed by atoms with Crippen molar-refractivity contribution in [2.24, 2.45) is 5.73 Å². The van der Waals surface area contributed by atoms with Crippen LogP contribution in [0.5, 0.6) is 0 Å². The monoisotopic (exact) mass is 418 g/mol. The van der Waals surface area contributed by atoms with E-state index in [2.05, 4.69) is 43.6 Å². The number of piperidine rings is 1. The molecule has 9 heteroatoms. The third kappa shape index (κ3) is 3.61. The minimum Gasteiger partial charge on any atom is -0.344 e. The second-order valence-corrected chi connectivity index (χ2v) is 7.95. The lowest BCUT2D eigenvalue weighted by Crippen LogP contribution is -2.44. The Hall–Kier alpha value is -3.46. The molecule has 0 spiro atoms. The molecule has 5 rings (SSSR count). The van der Waals surface area contributed by atoms with Crippen LogP contribution in [-0.2, 0) is 13.1 Å². The van der Waals surface area contributed by atoms with Gasteiger partial charge in [-0.25, -0.2) is 4.98 Å². The van der Waals surface area contributed by atoms with Crippen LogP contribution in [-0.4, -0.2) is 49.2 Å². The lowest BCUT2D eigenvalue weighted by atomic mass is 10.1. The fourth-order valence-electron chi connectivity index (χ4n) is 4.28. The van der Waals surface area contributed by atoms with Crippen LogP contribution in [0.3, 0.4) is 0 Å². The van der Waals surface area contributed by atoms with E-state index in [0.29, 0.717) is 24.9 Å². The highest BCUT2D eigenvalue weighted by Crippen LogP contribution is 2.19. The average molecular weight is 419 g/mol. The molecule has 0 saturated carbocycles. The predicted octanol–water partition coefficient (Wildman–Crippen LogP) is 1.96. The number of nitrogens with zero attached hydrogens (tertiary/aromatic N) is 6. The fraction of sp³-hybridized carbons (Fsp3) is 0.364. The summed E-state index contributed by atoms with van der Waals surface area (Å²) in [5, 5.41) is 12.6. The van der Waals surface area contributed by atoms with Crippen molar-refractivity contribution < 1.29 is 4.79 Å². The summed E-state index contributed by atoms with van der Waals surface area (Å²) in [4.78, 5) is 19.6. The number of amides is 1. The highest BCUT2D eigenvalue weighted by atomic mass is 16.2. The molecule has 3 N–H and O–H groups in total. The van der Waals surface area contributed by atoms with E-state index in [0.717, 1.165) is 48.2 Å². The molecule has 4 heterocycles. The zero-order valence-electron chi connectivity index (χ0n) is 17.5. The van der Waals surface area contributed by atoms with Gasteiger partial charge in [-0.1, -0.05) is 18.2 Å². The largest absolute Gasteiger partial charge is 0.344 e. The van der Waals surface area contributed by atoms with Gasteiger partial charge in [-0.2, -0.15) is 0 Å². The second-order valence-electron chi connectivity index (χ2n) is 7.95. The maximum absolute atomic E-state index is 12.9. The summed E-state index contributed by atoms with van der Waals surface area (Å²) in [6, 6.07) is 12.3. The van der Waals surface area contributed by atoms with Gasteiger partial charge in [0.25, 0.3) is 5.91 Å². The van der Waals surface area contributed by atoms with Crippen molar-refractivity contribution >= 4 is 28.4 Å². The first-order valence-corrected chi connectivity index (χ1v) is 10.7. The molecular formula is C22H26N8O. The van der Waals surface area contributed by atoms with Gasteiger partial charge in [0.2, 0.25) is 11.8 Å². The van der Waals surface area contributed by atoms with Crippen molar-refractivity contribution in [2.45, 2.75) is 38.9 Å². The third-order valence-corrected chi connectivity index (χ3v) is 5.81. The van der Waals surface area contributed by atoms with Crippen molar-refractivity contribution in [3.63, 3.8) is 0 Å². The van der Waals surface area contributed by atoms with Crippen LogP contribution in [0.1, 0.15) is 36.1 Å². The number of rotatable bonds is 5. The second kappa shape index (κ2) is 7.99. The molecule has 0 aliphatic carbocycles. The molecule has 1 aliphatic heterocycles. The maximum Gasteiger partial charge on any atom is 0.289 e. The summed E-state index contributed by atoms with van der Waals surface area (Å²) in [6.07, 6.45) is 3.99. The number of imidazole rings is 1. The summed E-state index contributed by atoms with van der Waals surface area (Å²) in [5.74, 6) is 0.761. The Bertz CT molecular complexity index is 1240. The first-order chi connectivity index (χ1) is 15.1. The number of carbonyl (C=O) groups excluding carboxylic acids is 1. The first kappa shape index (κ1) is 19.5. The molecule has 1 fully saturated rings. The molecule has 31 heavy (non-hydrogen) atoms. The Morgan fingerprint density at radius 2 is 2.10 bits per heavy atom. The Labute approximate surface area is 179 Å². The van der Waals surface area contributed by atoms with Gasteiger partial charge in [0.1, 0.15) is 5.65 Å². The SMILES string of the molecule is CCn1c(C(=O)NCc2cn3c(ccc4ccccc43)n2)nnc1N1CCCC(N)C1. The van der Waals surface area contributed by atoms with Crippen LogP contribution in [0.25, 0.3) is 16.6 Å². The number of nitrogens with two attached hydrogens (primary N) is 1. The molecule has 160 valence electrons. The first-order valence-electron chi connectivity index (χ1n) is 10.7. The molecule has 3 aromatic heterocycles. The number of anilines is 1. The van der Waals surface area contributed by atoms with Crippen molar-refractivity contribution in [3.8, 4) is 0 Å². The van der Waals surface area contributed by atoms with E-state index in [1.165, 1.54) is 0 Å². The van der Waals surface area contributed by atoms with Gasteiger partial charge in [-0.05, 0) is 43.4 Å². The smallest absolute Gasteiger partial charge is 0.289 e. The summed E-state index contributed by atoms with van der Waals surface area (Å²) < 4.78 is 3.90. The van der Waals surface area contributed by atoms with Gasteiger partial charge in [0.05, 0.1) is 17.8 Å². The molecule has 1 amide bonds. The molecule has 1 unspecified atom stereocenters. The van der Waals surface area contributed by atoms with Gasteiger partial charge in [0.15, 0.2) is 0 Å². The topological polar surface area (TPSA) is 106 Å². The number of nitrogens with one attached hydrogen (secondary N) is 1. The van der Waals surface area contributed by atoms with Crippen LogP contribution < -0.4 is 16.0 Å². The number of aromatic nitrogens is 5. The number of hydrogen-bond acceptors (Lipinski definition) is 6. The van der Waals surface area contributed by atoms with E-state index in [1.807, 2.05) is 40.3 Å². The maximum atomic E-state index is 12.9. The van der Waals surface area contributed by atoms with Crippen molar-refractivity contribution in [1.82, 2.24) is 29.5 Å². The van der Waals surface area contributed by atoms with Crippen LogP contribution in [0, 0.1) is 0 Å². The lowest BCUT2D eigenvalue weighted by Gasteiger charge is -2.31. The number of fused-ring (bicyclic) bond motifs is 3. The molecule has 1 saturated heterocycles. The van der Waals surface area contributed by atoms with Crippen molar-refractivity contribution in [1.29, 1.82) is 0 Å². The number of pyridine rings is 1. The van der Waals surface area contributed by atoms with Crippen molar-refractivity contribution in [2.75, 3.05) is 18.0 Å². The van der Waals surface area contributed by atoms with Gasteiger partial charge >= 0.3 is 0 Å². The standard InChI is InChI=1S/C22H26N8O/c1-2-29-20(26-27-22(29)28-11-5-7-16(23)13-28)21(31)24-12-17-14-30-18-8-4-3-6-15(18)9-10-19(30)25-17/h3-4,6,8-10,14,16H,2,5,7,11-13,23H2,1H3,(H,24,31). The number of benzene rings is 1. The highest BCUT2D eigenvalue weighted by molar-refractivity contribution is 5.91. The molecule has 1 atom stereocenters. The fourth-order valence-corrected chi connectivity index (χ4v) is 4.28. The zero-order chi connectivity index (χ0) is 21.4. The van der Waals surface area contributed by atoms with Crippen molar-refractivity contribution in [3.05, 3.63) is 54.1 Å². The molecule has 1 aliphatic rings. The molecule has 9 nitrogen and oxygen atoms in total. The predicted molar refractivity (Wildman–Crippen MR) is 119 cm³/mol.